The average Bonchev–Trinajstić information content (AvgIpc) is 3.17. The standard InChI is InChI=1S/C24H25N6O7P.Na/c1-14-13-25-23(28-17-8-6-15(7-9-17)22(31)27-16-4-3-5-16)29-21(14)26-18-10-11-20-19(12-18)30(24(32)36-20)37-38(33,34)35-2;/h6-13,16H,3-5H2,1-2H3,(H,27,31)(H,33,34)(H2,25,26,28,29);/q;+1/p-1. The van der Waals surface area contributed by atoms with E-state index in [0.717, 1.165) is 31.9 Å². The van der Waals surface area contributed by atoms with E-state index in [4.69, 9.17) is 9.04 Å². The molecule has 1 aliphatic rings. The molecule has 0 radical (unpaired) electrons. The molecule has 1 atom stereocenters. The van der Waals surface area contributed by atoms with E-state index in [9.17, 15) is 19.0 Å². The van der Waals surface area contributed by atoms with Gasteiger partial charge in [0.15, 0.2) is 5.58 Å². The number of fused-ring (bicyclic) bond motifs is 1. The summed E-state index contributed by atoms with van der Waals surface area (Å²) in [5.74, 6) is -0.351. The maximum atomic E-state index is 12.3. The second kappa shape index (κ2) is 11.9. The number of carbonyl (C=O) groups excluding carboxylic acids is 1. The van der Waals surface area contributed by atoms with Gasteiger partial charge in [0, 0.05) is 41.9 Å². The van der Waals surface area contributed by atoms with E-state index >= 15 is 0 Å². The third-order valence-electron chi connectivity index (χ3n) is 6.02. The molecule has 5 rings (SSSR count). The van der Waals surface area contributed by atoms with Crippen LogP contribution in [0.1, 0.15) is 35.2 Å². The Bertz CT molecular complexity index is 1600. The number of oxazole rings is 1. The Labute approximate surface area is 244 Å². The van der Waals surface area contributed by atoms with Crippen molar-refractivity contribution in [3.63, 3.8) is 0 Å². The Kier molecular flexibility index (Phi) is 8.80. The smallest absolute Gasteiger partial charge is 0.745 e. The molecule has 0 aliphatic heterocycles. The van der Waals surface area contributed by atoms with Crippen molar-refractivity contribution in [1.82, 2.24) is 20.0 Å². The molecular weight excluding hydrogens is 538 g/mol. The third kappa shape index (κ3) is 6.70. The molecule has 0 saturated heterocycles. The van der Waals surface area contributed by atoms with Crippen LogP contribution in [-0.2, 0) is 9.09 Å². The molecule has 1 fully saturated rings. The predicted molar refractivity (Wildman–Crippen MR) is 137 cm³/mol. The SMILES string of the molecule is COP(=O)([O-])On1c(=O)oc2ccc(Nc3nc(Nc4ccc(C(=O)NC5CCC5)cc4)ncc3C)cc21.[Na+]. The fourth-order valence-corrected chi connectivity index (χ4v) is 4.13. The van der Waals surface area contributed by atoms with Crippen LogP contribution in [0.3, 0.4) is 0 Å². The van der Waals surface area contributed by atoms with Crippen LogP contribution in [0.5, 0.6) is 0 Å². The number of phosphoric acid groups is 1. The predicted octanol–water partition coefficient (Wildman–Crippen LogP) is 0.00982. The number of amides is 1. The molecule has 15 heteroatoms. The molecule has 1 aliphatic carbocycles. The molecule has 3 N–H and O–H groups in total. The van der Waals surface area contributed by atoms with Gasteiger partial charge < -0.3 is 34.4 Å². The minimum absolute atomic E-state index is 0. The summed E-state index contributed by atoms with van der Waals surface area (Å²) in [5, 5.41) is 9.24. The first-order chi connectivity index (χ1) is 18.2. The molecule has 13 nitrogen and oxygen atoms in total. The van der Waals surface area contributed by atoms with Crippen molar-refractivity contribution in [1.29, 1.82) is 0 Å². The number of aryl methyl sites for hydroxylation is 1. The number of anilines is 4. The third-order valence-corrected chi connectivity index (χ3v) is 6.83. The number of nitrogens with one attached hydrogen (secondary N) is 3. The van der Waals surface area contributed by atoms with Gasteiger partial charge in [0.1, 0.15) is 11.3 Å². The van der Waals surface area contributed by atoms with Crippen LogP contribution in [0.2, 0.25) is 0 Å². The summed E-state index contributed by atoms with van der Waals surface area (Å²) >= 11 is 0. The topological polar surface area (TPSA) is 173 Å². The zero-order chi connectivity index (χ0) is 26.9. The molecule has 198 valence electrons. The van der Waals surface area contributed by atoms with Gasteiger partial charge in [0.05, 0.1) is 0 Å². The van der Waals surface area contributed by atoms with Crippen molar-refractivity contribution in [2.24, 2.45) is 0 Å². The van der Waals surface area contributed by atoms with E-state index in [2.05, 4.69) is 30.4 Å². The molecule has 2 heterocycles. The van der Waals surface area contributed by atoms with E-state index in [0.29, 0.717) is 33.4 Å². The van der Waals surface area contributed by atoms with Gasteiger partial charge in [0.2, 0.25) is 5.95 Å². The van der Waals surface area contributed by atoms with Gasteiger partial charge in [-0.3, -0.25) is 9.36 Å². The Balaban J connectivity index is 0.00000353. The van der Waals surface area contributed by atoms with E-state index in [1.165, 1.54) is 12.1 Å². The van der Waals surface area contributed by atoms with Gasteiger partial charge in [-0.25, -0.2) is 9.78 Å². The van der Waals surface area contributed by atoms with Crippen molar-refractivity contribution in [3.05, 3.63) is 70.3 Å². The quantitative estimate of drug-likeness (QED) is 0.185. The zero-order valence-corrected chi connectivity index (χ0v) is 24.4. The summed E-state index contributed by atoms with van der Waals surface area (Å²) in [6, 6.07) is 11.9. The monoisotopic (exact) mass is 562 g/mol. The maximum absolute atomic E-state index is 12.3. The van der Waals surface area contributed by atoms with Crippen molar-refractivity contribution >= 4 is 48.0 Å². The first kappa shape index (κ1) is 28.8. The molecule has 1 unspecified atom stereocenters. The van der Waals surface area contributed by atoms with E-state index in [-0.39, 0.29) is 52.6 Å². The largest absolute Gasteiger partial charge is 1.00 e. The van der Waals surface area contributed by atoms with Crippen LogP contribution in [0.4, 0.5) is 23.1 Å². The summed E-state index contributed by atoms with van der Waals surface area (Å²) < 4.78 is 26.2. The van der Waals surface area contributed by atoms with Gasteiger partial charge >= 0.3 is 43.1 Å². The fourth-order valence-electron chi connectivity index (χ4n) is 3.71. The maximum Gasteiger partial charge on any atom is 1.00 e. The Morgan fingerprint density at radius 2 is 1.87 bits per heavy atom. The number of hydrogen-bond acceptors (Lipinski definition) is 11. The Morgan fingerprint density at radius 1 is 1.15 bits per heavy atom. The Morgan fingerprint density at radius 3 is 2.54 bits per heavy atom. The number of aromatic nitrogens is 3. The van der Waals surface area contributed by atoms with E-state index in [1.54, 1.807) is 36.5 Å². The molecule has 2 aromatic carbocycles. The van der Waals surface area contributed by atoms with Crippen LogP contribution < -0.4 is 60.8 Å². The fraction of sp³-hybridized carbons (Fsp3) is 0.250. The summed E-state index contributed by atoms with van der Waals surface area (Å²) in [6.45, 7) is 1.81. The van der Waals surface area contributed by atoms with E-state index in [1.807, 2.05) is 6.92 Å². The molecule has 2 aromatic heterocycles. The number of hydrogen-bond donors (Lipinski definition) is 3. The number of carbonyl (C=O) groups is 1. The van der Waals surface area contributed by atoms with Crippen molar-refractivity contribution in [2.75, 3.05) is 17.7 Å². The van der Waals surface area contributed by atoms with Crippen LogP contribution in [0.25, 0.3) is 11.1 Å². The van der Waals surface area contributed by atoms with Crippen LogP contribution in [-0.4, -0.2) is 33.8 Å². The molecule has 1 amide bonds. The second-order valence-electron chi connectivity index (χ2n) is 8.71. The normalized spacial score (nSPS) is 14.5. The molecule has 39 heavy (non-hydrogen) atoms. The minimum atomic E-state index is -4.76. The Hall–Kier alpha value is -3.19. The zero-order valence-electron chi connectivity index (χ0n) is 21.5. The number of rotatable bonds is 9. The number of benzene rings is 2. The van der Waals surface area contributed by atoms with Gasteiger partial charge in [0.25, 0.3) is 5.91 Å². The van der Waals surface area contributed by atoms with Crippen molar-refractivity contribution in [3.8, 4) is 0 Å². The minimum Gasteiger partial charge on any atom is -0.745 e. The summed E-state index contributed by atoms with van der Waals surface area (Å²) in [5.41, 5.74) is 2.65. The molecule has 1 saturated carbocycles. The van der Waals surface area contributed by atoms with Crippen LogP contribution in [0, 0.1) is 6.92 Å². The first-order valence-electron chi connectivity index (χ1n) is 11.7. The van der Waals surface area contributed by atoms with Crippen molar-refractivity contribution < 1.29 is 57.4 Å². The van der Waals surface area contributed by atoms with Gasteiger partial charge in [-0.1, -0.05) is 0 Å². The second-order valence-corrected chi connectivity index (χ2v) is 10.1. The summed E-state index contributed by atoms with van der Waals surface area (Å²) in [4.78, 5) is 44.9. The van der Waals surface area contributed by atoms with Crippen LogP contribution >= 0.6 is 7.82 Å². The first-order valence-corrected chi connectivity index (χ1v) is 13.2. The molecule has 0 spiro atoms. The molecular formula is C24H24N6NaO7P. The summed E-state index contributed by atoms with van der Waals surface area (Å²) in [6.07, 6.45) is 4.81. The van der Waals surface area contributed by atoms with Gasteiger partial charge in [-0.2, -0.15) is 4.98 Å². The number of phosphoric ester groups is 1. The van der Waals surface area contributed by atoms with Gasteiger partial charge in [-0.15, -0.1) is 4.73 Å². The van der Waals surface area contributed by atoms with Crippen molar-refractivity contribution in [2.45, 2.75) is 32.2 Å². The molecule has 4 aromatic rings. The summed E-state index contributed by atoms with van der Waals surface area (Å²) in [7, 11) is -3.84. The van der Waals surface area contributed by atoms with Crippen LogP contribution in [0.15, 0.2) is 57.9 Å². The number of nitrogens with zero attached hydrogens (tertiary/aromatic N) is 3. The average molecular weight is 562 g/mol. The van der Waals surface area contributed by atoms with Gasteiger partial charge in [-0.05, 0) is 68.7 Å². The molecule has 0 bridgehead atoms. The van der Waals surface area contributed by atoms with E-state index < -0.39 is 13.6 Å².